The van der Waals surface area contributed by atoms with Gasteiger partial charge < -0.3 is 24.4 Å². The lowest BCUT2D eigenvalue weighted by molar-refractivity contribution is -0.117. The maximum atomic E-state index is 12.5. The number of piperazine rings is 1. The van der Waals surface area contributed by atoms with E-state index < -0.39 is 0 Å². The van der Waals surface area contributed by atoms with E-state index >= 15 is 0 Å². The Bertz CT molecular complexity index is 908. The van der Waals surface area contributed by atoms with Gasteiger partial charge in [0.05, 0.1) is 25.5 Å². The summed E-state index contributed by atoms with van der Waals surface area (Å²) in [6.45, 7) is 10.3. The van der Waals surface area contributed by atoms with Crippen LogP contribution in [0, 0.1) is 0 Å². The van der Waals surface area contributed by atoms with Gasteiger partial charge in [-0.15, -0.1) is 0 Å². The Kier molecular flexibility index (Phi) is 9.89. The van der Waals surface area contributed by atoms with Crippen molar-refractivity contribution in [2.45, 2.75) is 33.1 Å². The predicted octanol–water partition coefficient (Wildman–Crippen LogP) is 3.83. The van der Waals surface area contributed by atoms with Crippen molar-refractivity contribution in [1.29, 1.82) is 0 Å². The fraction of sp³-hybridized carbons (Fsp3) is 0.519. The first kappa shape index (κ1) is 25.7. The summed E-state index contributed by atoms with van der Waals surface area (Å²) in [5, 5.41) is 3.04. The summed E-state index contributed by atoms with van der Waals surface area (Å²) in [6, 6.07) is 5.63. The van der Waals surface area contributed by atoms with Gasteiger partial charge in [-0.05, 0) is 50.6 Å². The van der Waals surface area contributed by atoms with Gasteiger partial charge in [-0.25, -0.2) is 0 Å². The molecule has 0 aromatic heterocycles. The monoisotopic (exact) mass is 469 g/mol. The largest absolute Gasteiger partial charge is 0.499 e. The topological polar surface area (TPSA) is 63.3 Å². The molecule has 7 heteroatoms. The average Bonchev–Trinajstić information content (AvgIpc) is 2.88. The van der Waals surface area contributed by atoms with Crippen LogP contribution < -0.4 is 14.8 Å². The van der Waals surface area contributed by atoms with Gasteiger partial charge in [-0.3, -0.25) is 9.69 Å². The van der Waals surface area contributed by atoms with Crippen LogP contribution in [-0.2, 0) is 9.53 Å². The van der Waals surface area contributed by atoms with Gasteiger partial charge in [0.1, 0.15) is 23.9 Å². The Balaban J connectivity index is 1.37. The van der Waals surface area contributed by atoms with Crippen molar-refractivity contribution in [3.8, 4) is 11.5 Å². The van der Waals surface area contributed by atoms with E-state index in [0.29, 0.717) is 12.1 Å². The first-order chi connectivity index (χ1) is 16.6. The average molecular weight is 470 g/mol. The third kappa shape index (κ3) is 6.79. The smallest absolute Gasteiger partial charge is 0.250 e. The molecule has 0 atom stereocenters. The van der Waals surface area contributed by atoms with Gasteiger partial charge in [0.15, 0.2) is 0 Å². The van der Waals surface area contributed by atoms with E-state index in [2.05, 4.69) is 34.2 Å². The SMILES string of the molecule is C/C=C\C(=C(/CC)OC)N1CCN(CCCCNC(=O)C2=Cc3ccc(OC)cc3OC2)CC1. The Morgan fingerprint density at radius 2 is 1.97 bits per heavy atom. The van der Waals surface area contributed by atoms with Crippen LogP contribution in [0.5, 0.6) is 11.5 Å². The summed E-state index contributed by atoms with van der Waals surface area (Å²) in [5.41, 5.74) is 2.76. The van der Waals surface area contributed by atoms with Gasteiger partial charge in [0.25, 0.3) is 5.91 Å². The molecule has 1 saturated heterocycles. The molecule has 7 nitrogen and oxygen atoms in total. The van der Waals surface area contributed by atoms with Crippen molar-refractivity contribution < 1.29 is 19.0 Å². The summed E-state index contributed by atoms with van der Waals surface area (Å²) in [7, 11) is 3.38. The maximum absolute atomic E-state index is 12.5. The number of unbranched alkanes of at least 4 members (excludes halogenated alkanes) is 1. The Morgan fingerprint density at radius 3 is 2.65 bits per heavy atom. The lowest BCUT2D eigenvalue weighted by atomic mass is 10.1. The summed E-state index contributed by atoms with van der Waals surface area (Å²) < 4.78 is 16.6. The molecule has 3 rings (SSSR count). The van der Waals surface area contributed by atoms with Crippen molar-refractivity contribution in [2.24, 2.45) is 0 Å². The zero-order valence-electron chi connectivity index (χ0n) is 21.1. The van der Waals surface area contributed by atoms with Crippen LogP contribution >= 0.6 is 0 Å². The maximum Gasteiger partial charge on any atom is 0.250 e. The molecule has 2 heterocycles. The highest BCUT2D eigenvalue weighted by atomic mass is 16.5. The molecular formula is C27H39N3O4. The van der Waals surface area contributed by atoms with Gasteiger partial charge in [-0.1, -0.05) is 13.0 Å². The highest BCUT2D eigenvalue weighted by Gasteiger charge is 2.20. The number of hydrogen-bond acceptors (Lipinski definition) is 6. The van der Waals surface area contributed by atoms with Crippen LogP contribution in [0.4, 0.5) is 0 Å². The number of hydrogen-bond donors (Lipinski definition) is 1. The number of allylic oxidation sites excluding steroid dienone is 3. The lowest BCUT2D eigenvalue weighted by Crippen LogP contribution is -2.46. The highest BCUT2D eigenvalue weighted by molar-refractivity contribution is 5.99. The van der Waals surface area contributed by atoms with Gasteiger partial charge in [0.2, 0.25) is 0 Å². The summed E-state index contributed by atoms with van der Waals surface area (Å²) >= 11 is 0. The first-order valence-electron chi connectivity index (χ1n) is 12.3. The van der Waals surface area contributed by atoms with Crippen molar-refractivity contribution in [3.63, 3.8) is 0 Å². The number of ether oxygens (including phenoxy) is 3. The number of nitrogens with one attached hydrogen (secondary N) is 1. The standard InChI is InChI=1S/C27H39N3O4/c1-5-9-24(25(6-2)33-4)30-16-14-29(15-17-30)13-8-7-12-28-27(31)22-18-21-10-11-23(32-3)19-26(21)34-20-22/h5,9-11,18-19H,6-8,12-17,20H2,1-4H3,(H,28,31)/b9-5-,25-24-. The van der Waals surface area contributed by atoms with Crippen LogP contribution in [-0.4, -0.2) is 75.8 Å². The number of amides is 1. The second-order valence-electron chi connectivity index (χ2n) is 8.52. The number of carbonyl (C=O) groups excluding carboxylic acids is 1. The molecule has 2 aliphatic heterocycles. The van der Waals surface area contributed by atoms with E-state index in [9.17, 15) is 4.79 Å². The summed E-state index contributed by atoms with van der Waals surface area (Å²) in [5.74, 6) is 2.49. The molecule has 34 heavy (non-hydrogen) atoms. The number of rotatable bonds is 11. The van der Waals surface area contributed by atoms with Crippen LogP contribution in [0.25, 0.3) is 6.08 Å². The minimum atomic E-state index is -0.0525. The first-order valence-corrected chi connectivity index (χ1v) is 12.3. The molecule has 2 aliphatic rings. The molecule has 186 valence electrons. The van der Waals surface area contributed by atoms with Crippen LogP contribution in [0.15, 0.2) is 47.4 Å². The van der Waals surface area contributed by atoms with Crippen molar-refractivity contribution in [2.75, 3.05) is 60.1 Å². The minimum absolute atomic E-state index is 0.0525. The Morgan fingerprint density at radius 1 is 1.18 bits per heavy atom. The molecule has 0 aliphatic carbocycles. The molecule has 1 fully saturated rings. The van der Waals surface area contributed by atoms with E-state index in [-0.39, 0.29) is 12.5 Å². The van der Waals surface area contributed by atoms with Crippen LogP contribution in [0.1, 0.15) is 38.7 Å². The fourth-order valence-electron chi connectivity index (χ4n) is 4.35. The second-order valence-corrected chi connectivity index (χ2v) is 8.52. The molecule has 0 spiro atoms. The minimum Gasteiger partial charge on any atom is -0.499 e. The van der Waals surface area contributed by atoms with Crippen molar-refractivity contribution >= 4 is 12.0 Å². The van der Waals surface area contributed by atoms with Crippen molar-refractivity contribution in [1.82, 2.24) is 15.1 Å². The van der Waals surface area contributed by atoms with E-state index in [0.717, 1.165) is 74.8 Å². The Hall–Kier alpha value is -2.93. The van der Waals surface area contributed by atoms with Crippen LogP contribution in [0.2, 0.25) is 0 Å². The molecule has 1 aromatic carbocycles. The van der Waals surface area contributed by atoms with E-state index in [1.165, 1.54) is 5.70 Å². The molecule has 0 unspecified atom stereocenters. The quantitative estimate of drug-likeness (QED) is 0.302. The number of nitrogens with zero attached hydrogens (tertiary/aromatic N) is 2. The second kappa shape index (κ2) is 13.1. The zero-order chi connectivity index (χ0) is 24.3. The van der Waals surface area contributed by atoms with Crippen LogP contribution in [0.3, 0.4) is 0 Å². The normalized spacial score (nSPS) is 16.9. The number of carbonyl (C=O) groups is 1. The molecule has 0 radical (unpaired) electrons. The number of benzene rings is 1. The molecule has 1 amide bonds. The van der Waals surface area contributed by atoms with E-state index in [1.54, 1.807) is 14.2 Å². The Labute approximate surface area is 204 Å². The zero-order valence-corrected chi connectivity index (χ0v) is 21.1. The lowest BCUT2D eigenvalue weighted by Gasteiger charge is -2.37. The fourth-order valence-corrected chi connectivity index (χ4v) is 4.35. The van der Waals surface area contributed by atoms with Gasteiger partial charge in [0, 0.05) is 50.8 Å². The number of methoxy groups -OCH3 is 2. The predicted molar refractivity (Wildman–Crippen MR) is 136 cm³/mol. The summed E-state index contributed by atoms with van der Waals surface area (Å²) in [6.07, 6.45) is 9.05. The molecule has 0 bridgehead atoms. The van der Waals surface area contributed by atoms with Gasteiger partial charge in [-0.2, -0.15) is 0 Å². The number of fused-ring (bicyclic) bond motifs is 1. The highest BCUT2D eigenvalue weighted by Crippen LogP contribution is 2.30. The molecule has 0 saturated carbocycles. The molecule has 1 aromatic rings. The van der Waals surface area contributed by atoms with E-state index in [4.69, 9.17) is 14.2 Å². The van der Waals surface area contributed by atoms with Gasteiger partial charge >= 0.3 is 0 Å². The molecular weight excluding hydrogens is 430 g/mol. The van der Waals surface area contributed by atoms with E-state index in [1.807, 2.05) is 31.2 Å². The van der Waals surface area contributed by atoms with Crippen molar-refractivity contribution in [3.05, 3.63) is 52.9 Å². The summed E-state index contributed by atoms with van der Waals surface area (Å²) in [4.78, 5) is 17.5. The third-order valence-electron chi connectivity index (χ3n) is 6.30. The third-order valence-corrected chi connectivity index (χ3v) is 6.30. The molecule has 1 N–H and O–H groups in total.